The number of aliphatic hydroxyl groups is 1. The Morgan fingerprint density at radius 1 is 0.970 bits per heavy atom. The number of hydrogen-bond acceptors (Lipinski definition) is 3. The summed E-state index contributed by atoms with van der Waals surface area (Å²) in [4.78, 5) is 25.7. The molecule has 3 aromatic carbocycles. The van der Waals surface area contributed by atoms with Gasteiger partial charge in [0.05, 0.1) is 16.0 Å². The van der Waals surface area contributed by atoms with Crippen molar-refractivity contribution in [1.82, 2.24) is 0 Å². The summed E-state index contributed by atoms with van der Waals surface area (Å²) >= 11 is 24.7. The molecule has 9 heteroatoms. The highest BCUT2D eigenvalue weighted by atomic mass is 35.5. The number of aliphatic hydroxyl groups excluding tert-OH is 1. The summed E-state index contributed by atoms with van der Waals surface area (Å²) < 4.78 is 12.1. The Kier molecular flexibility index (Phi) is 6.72. The molecule has 0 heterocycles. The maximum atomic E-state index is 13.5. The number of nitrogens with one attached hydrogen (secondary N) is 1. The summed E-state index contributed by atoms with van der Waals surface area (Å²) in [6, 6.07) is 16.8. The Morgan fingerprint density at radius 2 is 1.67 bits per heavy atom. The molecule has 1 unspecified atom stereocenters. The Labute approximate surface area is 209 Å². The lowest BCUT2D eigenvalue weighted by molar-refractivity contribution is -0.117. The van der Waals surface area contributed by atoms with Gasteiger partial charge in [-0.15, -0.1) is 23.2 Å². The van der Waals surface area contributed by atoms with E-state index in [0.717, 1.165) is 0 Å². The predicted octanol–water partition coefficient (Wildman–Crippen LogP) is 6.57. The number of benzene rings is 3. The topological polar surface area (TPSA) is 66.4 Å². The van der Waals surface area contributed by atoms with Gasteiger partial charge in [0.1, 0.15) is 16.3 Å². The summed E-state index contributed by atoms with van der Waals surface area (Å²) in [5.41, 5.74) is 1.27. The van der Waals surface area contributed by atoms with Crippen molar-refractivity contribution in [3.05, 3.63) is 99.3 Å². The van der Waals surface area contributed by atoms with Gasteiger partial charge in [0, 0.05) is 17.2 Å². The lowest BCUT2D eigenvalue weighted by Crippen LogP contribution is -2.18. The third-order valence-electron chi connectivity index (χ3n) is 5.50. The van der Waals surface area contributed by atoms with E-state index in [1.54, 1.807) is 30.3 Å². The lowest BCUT2D eigenvalue weighted by atomic mass is 9.99. The van der Waals surface area contributed by atoms with Gasteiger partial charge in [-0.25, -0.2) is 4.39 Å². The van der Waals surface area contributed by atoms with Gasteiger partial charge in [0.15, 0.2) is 5.78 Å². The van der Waals surface area contributed by atoms with Crippen molar-refractivity contribution in [3.8, 4) is 0 Å². The van der Waals surface area contributed by atoms with Crippen LogP contribution in [0.2, 0.25) is 10.0 Å². The van der Waals surface area contributed by atoms with Crippen molar-refractivity contribution in [1.29, 1.82) is 0 Å². The summed E-state index contributed by atoms with van der Waals surface area (Å²) in [5, 5.41) is 13.2. The molecule has 1 saturated carbocycles. The highest BCUT2D eigenvalue weighted by molar-refractivity contribution is 6.53. The van der Waals surface area contributed by atoms with E-state index in [2.05, 4.69) is 5.32 Å². The van der Waals surface area contributed by atoms with Gasteiger partial charge in [-0.1, -0.05) is 59.6 Å². The number of ketones is 1. The molecule has 4 rings (SSSR count). The van der Waals surface area contributed by atoms with Crippen LogP contribution in [0.15, 0.2) is 66.7 Å². The van der Waals surface area contributed by atoms with Crippen molar-refractivity contribution >= 4 is 63.8 Å². The third-order valence-corrected chi connectivity index (χ3v) is 7.06. The molecule has 1 aliphatic rings. The number of halogens is 5. The molecule has 1 fully saturated rings. The SMILES string of the molecule is O=C(c1cc(NC(=O)[C@H]2[C@H](c3ccc(F)c(Cl)c3)C2(Cl)Cl)ccc1Cl)C(O)c1ccccc1. The monoisotopic (exact) mass is 525 g/mol. The van der Waals surface area contributed by atoms with Crippen LogP contribution in [0, 0.1) is 11.7 Å². The first kappa shape index (κ1) is 24.0. The first-order valence-corrected chi connectivity index (χ1v) is 11.3. The number of anilines is 1. The van der Waals surface area contributed by atoms with E-state index in [1.807, 2.05) is 0 Å². The number of carbonyl (C=O) groups is 2. The molecular formula is C24H16Cl4FNO3. The van der Waals surface area contributed by atoms with Gasteiger partial charge < -0.3 is 10.4 Å². The molecule has 3 atom stereocenters. The summed E-state index contributed by atoms with van der Waals surface area (Å²) in [6.07, 6.45) is -1.41. The largest absolute Gasteiger partial charge is 0.380 e. The fourth-order valence-electron chi connectivity index (χ4n) is 3.72. The average Bonchev–Trinajstić information content (AvgIpc) is 3.38. The minimum Gasteiger partial charge on any atom is -0.380 e. The van der Waals surface area contributed by atoms with Gasteiger partial charge in [0.2, 0.25) is 5.91 Å². The smallest absolute Gasteiger partial charge is 0.231 e. The molecule has 0 aromatic heterocycles. The van der Waals surface area contributed by atoms with E-state index in [4.69, 9.17) is 46.4 Å². The van der Waals surface area contributed by atoms with Crippen molar-refractivity contribution in [3.63, 3.8) is 0 Å². The summed E-state index contributed by atoms with van der Waals surface area (Å²) in [5.74, 6) is -3.11. The summed E-state index contributed by atoms with van der Waals surface area (Å²) in [6.45, 7) is 0. The molecule has 0 bridgehead atoms. The zero-order chi connectivity index (χ0) is 23.9. The van der Waals surface area contributed by atoms with Crippen molar-refractivity contribution in [2.24, 2.45) is 5.92 Å². The number of alkyl halides is 2. The second-order valence-electron chi connectivity index (χ2n) is 7.66. The molecule has 0 saturated heterocycles. The molecule has 4 nitrogen and oxygen atoms in total. The Bertz CT molecular complexity index is 1240. The van der Waals surface area contributed by atoms with Crippen molar-refractivity contribution in [2.45, 2.75) is 16.4 Å². The van der Waals surface area contributed by atoms with Crippen LogP contribution in [0.5, 0.6) is 0 Å². The van der Waals surface area contributed by atoms with Crippen LogP contribution < -0.4 is 5.32 Å². The minimum atomic E-state index is -1.41. The number of amides is 1. The molecular weight excluding hydrogens is 511 g/mol. The Hall–Kier alpha value is -2.15. The van der Waals surface area contributed by atoms with E-state index in [-0.39, 0.29) is 21.3 Å². The number of carbonyl (C=O) groups excluding carboxylic acids is 2. The zero-order valence-electron chi connectivity index (χ0n) is 16.7. The van der Waals surface area contributed by atoms with Crippen molar-refractivity contribution in [2.75, 3.05) is 5.32 Å². The Balaban J connectivity index is 1.53. The van der Waals surface area contributed by atoms with Gasteiger partial charge in [-0.3, -0.25) is 9.59 Å². The molecule has 2 N–H and O–H groups in total. The summed E-state index contributed by atoms with van der Waals surface area (Å²) in [7, 11) is 0. The molecule has 33 heavy (non-hydrogen) atoms. The van der Waals surface area contributed by atoms with Crippen LogP contribution in [0.3, 0.4) is 0 Å². The van der Waals surface area contributed by atoms with E-state index in [9.17, 15) is 19.1 Å². The highest BCUT2D eigenvalue weighted by Gasteiger charge is 2.67. The second-order valence-corrected chi connectivity index (χ2v) is 9.92. The van der Waals surface area contributed by atoms with Gasteiger partial charge in [-0.05, 0) is 41.5 Å². The van der Waals surface area contributed by atoms with E-state index < -0.39 is 39.8 Å². The molecule has 0 aliphatic heterocycles. The first-order chi connectivity index (χ1) is 15.6. The van der Waals surface area contributed by atoms with Crippen LogP contribution in [-0.4, -0.2) is 21.1 Å². The third kappa shape index (κ3) is 4.75. The number of Topliss-reactive ketones (excluding diaryl/α,β-unsaturated/α-hetero) is 1. The van der Waals surface area contributed by atoms with E-state index >= 15 is 0 Å². The first-order valence-electron chi connectivity index (χ1n) is 9.81. The molecule has 170 valence electrons. The van der Waals surface area contributed by atoms with Crippen LogP contribution in [0.1, 0.15) is 33.5 Å². The minimum absolute atomic E-state index is 0.0477. The van der Waals surface area contributed by atoms with Crippen LogP contribution in [-0.2, 0) is 4.79 Å². The predicted molar refractivity (Wildman–Crippen MR) is 128 cm³/mol. The van der Waals surface area contributed by atoms with Crippen LogP contribution >= 0.6 is 46.4 Å². The fourth-order valence-corrected chi connectivity index (χ4v) is 4.95. The van der Waals surface area contributed by atoms with E-state index in [0.29, 0.717) is 11.1 Å². The average molecular weight is 527 g/mol. The normalized spacial score (nSPS) is 19.6. The molecule has 3 aromatic rings. The van der Waals surface area contributed by atoms with Crippen LogP contribution in [0.25, 0.3) is 0 Å². The highest BCUT2D eigenvalue weighted by Crippen LogP contribution is 2.65. The lowest BCUT2D eigenvalue weighted by Gasteiger charge is -2.13. The molecule has 0 radical (unpaired) electrons. The van der Waals surface area contributed by atoms with Crippen molar-refractivity contribution < 1.29 is 19.1 Å². The standard InChI is InChI=1S/C24H16Cl4FNO3/c25-16-8-7-14(11-15(16)22(32)21(31)12-4-2-1-3-5-12)30-23(33)20-19(24(20,27)28)13-6-9-18(29)17(26)10-13/h1-11,19-21,31H,(H,30,33)/t19-,20+,21?/m0/s1. The van der Waals surface area contributed by atoms with Crippen LogP contribution in [0.4, 0.5) is 10.1 Å². The van der Waals surface area contributed by atoms with Gasteiger partial charge in [-0.2, -0.15) is 0 Å². The second kappa shape index (κ2) is 9.24. The fraction of sp³-hybridized carbons (Fsp3) is 0.167. The quantitative estimate of drug-likeness (QED) is 0.282. The molecule has 1 amide bonds. The molecule has 1 aliphatic carbocycles. The maximum absolute atomic E-state index is 13.5. The zero-order valence-corrected chi connectivity index (χ0v) is 19.8. The van der Waals surface area contributed by atoms with Gasteiger partial charge in [0.25, 0.3) is 0 Å². The number of rotatable bonds is 6. The Morgan fingerprint density at radius 3 is 2.33 bits per heavy atom. The van der Waals surface area contributed by atoms with E-state index in [1.165, 1.54) is 36.4 Å². The van der Waals surface area contributed by atoms with Gasteiger partial charge >= 0.3 is 0 Å². The maximum Gasteiger partial charge on any atom is 0.231 e. The molecule has 0 spiro atoms. The number of hydrogen-bond donors (Lipinski definition) is 2.